The van der Waals surface area contributed by atoms with Crippen molar-refractivity contribution in [2.75, 3.05) is 6.61 Å². The molecule has 0 aliphatic heterocycles. The summed E-state index contributed by atoms with van der Waals surface area (Å²) in [6, 6.07) is 0. The summed E-state index contributed by atoms with van der Waals surface area (Å²) in [6.45, 7) is 2.34. The molecule has 5 aliphatic carbocycles. The molecule has 5 fully saturated rings. The van der Waals surface area contributed by atoms with Gasteiger partial charge in [-0.2, -0.15) is 0 Å². The van der Waals surface area contributed by atoms with E-state index in [9.17, 15) is 4.79 Å². The van der Waals surface area contributed by atoms with Gasteiger partial charge < -0.3 is 4.74 Å². The Labute approximate surface area is 159 Å². The van der Waals surface area contributed by atoms with Crippen molar-refractivity contribution in [2.45, 2.75) is 84.0 Å². The summed E-state index contributed by atoms with van der Waals surface area (Å²) in [7, 11) is 0. The molecule has 0 aromatic carbocycles. The van der Waals surface area contributed by atoms with Gasteiger partial charge in [-0.05, 0) is 91.8 Å². The summed E-state index contributed by atoms with van der Waals surface area (Å²) in [5.41, 5.74) is 0. The first-order chi connectivity index (χ1) is 12.8. The Balaban J connectivity index is 1.51. The molecule has 146 valence electrons. The lowest BCUT2D eigenvalue weighted by Gasteiger charge is -2.56. The van der Waals surface area contributed by atoms with E-state index in [4.69, 9.17) is 4.74 Å². The van der Waals surface area contributed by atoms with Crippen LogP contribution in [0.3, 0.4) is 0 Å². The lowest BCUT2D eigenvalue weighted by molar-refractivity contribution is -0.144. The fourth-order valence-corrected chi connectivity index (χ4v) is 9.10. The van der Waals surface area contributed by atoms with Gasteiger partial charge in [0.25, 0.3) is 0 Å². The van der Waals surface area contributed by atoms with Crippen molar-refractivity contribution in [1.29, 1.82) is 0 Å². The Morgan fingerprint density at radius 3 is 1.62 bits per heavy atom. The van der Waals surface area contributed by atoms with E-state index in [1.165, 1.54) is 77.0 Å². The quantitative estimate of drug-likeness (QED) is 0.579. The number of carbonyl (C=O) groups is 1. The number of rotatable bonds is 2. The molecule has 2 nitrogen and oxygen atoms in total. The Morgan fingerprint density at radius 1 is 0.654 bits per heavy atom. The molecule has 9 unspecified atom stereocenters. The van der Waals surface area contributed by atoms with Crippen LogP contribution in [0.2, 0.25) is 0 Å². The van der Waals surface area contributed by atoms with Gasteiger partial charge in [-0.1, -0.05) is 38.5 Å². The summed E-state index contributed by atoms with van der Waals surface area (Å²) >= 11 is 0. The maximum absolute atomic E-state index is 11.6. The molecule has 0 heterocycles. The molecule has 5 aliphatic rings. The van der Waals surface area contributed by atoms with E-state index in [1.54, 1.807) is 6.92 Å². The van der Waals surface area contributed by atoms with Crippen molar-refractivity contribution in [1.82, 2.24) is 0 Å². The largest absolute Gasteiger partial charge is 0.466 e. The second-order valence-corrected chi connectivity index (χ2v) is 10.5. The van der Waals surface area contributed by atoms with E-state index >= 15 is 0 Å². The number of carbonyl (C=O) groups excluding carboxylic acids is 1. The van der Waals surface area contributed by atoms with Gasteiger partial charge in [0.2, 0.25) is 0 Å². The highest BCUT2D eigenvalue weighted by molar-refractivity contribution is 5.65. The number of fused-ring (bicyclic) bond motifs is 8. The second-order valence-electron chi connectivity index (χ2n) is 10.5. The van der Waals surface area contributed by atoms with Gasteiger partial charge >= 0.3 is 5.97 Å². The van der Waals surface area contributed by atoms with E-state index in [1.807, 2.05) is 0 Å². The second kappa shape index (κ2) is 7.13. The molecule has 5 rings (SSSR count). The van der Waals surface area contributed by atoms with Crippen LogP contribution < -0.4 is 0 Å². The number of hydrogen-bond acceptors (Lipinski definition) is 2. The smallest absolute Gasteiger partial charge is 0.302 e. The van der Waals surface area contributed by atoms with Crippen molar-refractivity contribution < 1.29 is 9.53 Å². The Morgan fingerprint density at radius 2 is 1.08 bits per heavy atom. The fraction of sp³-hybridized carbons (Fsp3) is 0.958. The molecule has 26 heavy (non-hydrogen) atoms. The monoisotopic (exact) mass is 358 g/mol. The van der Waals surface area contributed by atoms with Crippen molar-refractivity contribution in [3.63, 3.8) is 0 Å². The van der Waals surface area contributed by atoms with Crippen LogP contribution in [0.1, 0.15) is 84.0 Å². The van der Waals surface area contributed by atoms with Crippen LogP contribution >= 0.6 is 0 Å². The van der Waals surface area contributed by atoms with Crippen molar-refractivity contribution in [3.8, 4) is 0 Å². The topological polar surface area (TPSA) is 26.3 Å². The third-order valence-electron chi connectivity index (χ3n) is 9.63. The van der Waals surface area contributed by atoms with Gasteiger partial charge in [0.05, 0.1) is 6.61 Å². The minimum atomic E-state index is -0.0626. The summed E-state index contributed by atoms with van der Waals surface area (Å²) < 4.78 is 5.70. The van der Waals surface area contributed by atoms with Crippen LogP contribution in [0.15, 0.2) is 0 Å². The molecule has 0 bridgehead atoms. The lowest BCUT2D eigenvalue weighted by Crippen LogP contribution is -2.50. The van der Waals surface area contributed by atoms with E-state index in [0.29, 0.717) is 5.92 Å². The maximum Gasteiger partial charge on any atom is 0.302 e. The highest BCUT2D eigenvalue weighted by Gasteiger charge is 2.61. The minimum Gasteiger partial charge on any atom is -0.466 e. The Kier molecular flexibility index (Phi) is 4.82. The van der Waals surface area contributed by atoms with Crippen LogP contribution in [0, 0.1) is 53.3 Å². The predicted molar refractivity (Wildman–Crippen MR) is 103 cm³/mol. The third kappa shape index (κ3) is 2.76. The third-order valence-corrected chi connectivity index (χ3v) is 9.63. The highest BCUT2D eigenvalue weighted by atomic mass is 16.5. The van der Waals surface area contributed by atoms with E-state index in [2.05, 4.69) is 0 Å². The van der Waals surface area contributed by atoms with Crippen molar-refractivity contribution in [2.24, 2.45) is 53.3 Å². The zero-order valence-corrected chi connectivity index (χ0v) is 16.7. The predicted octanol–water partition coefficient (Wildman–Crippen LogP) is 5.84. The van der Waals surface area contributed by atoms with Gasteiger partial charge in [-0.15, -0.1) is 0 Å². The Bertz CT molecular complexity index is 528. The number of ether oxygens (including phenoxy) is 1. The average molecular weight is 359 g/mol. The van der Waals surface area contributed by atoms with Crippen LogP contribution in [0.4, 0.5) is 0 Å². The van der Waals surface area contributed by atoms with E-state index in [0.717, 1.165) is 54.0 Å². The average Bonchev–Trinajstić information content (AvgIpc) is 3.01. The first-order valence-electron chi connectivity index (χ1n) is 11.9. The normalized spacial score (nSPS) is 50.1. The van der Waals surface area contributed by atoms with Crippen LogP contribution in [0.25, 0.3) is 0 Å². The standard InChI is InChI=1S/C24H38O2/c1-15(25)26-14-22-18-10-4-7-13-21(18)23-19-11-5-2-8-16(19)17-9-3-6-12-20(17)24(22)23/h16-24H,2-14H2,1H3. The van der Waals surface area contributed by atoms with E-state index in [-0.39, 0.29) is 5.97 Å². The molecule has 0 N–H and O–H groups in total. The molecule has 0 radical (unpaired) electrons. The Hall–Kier alpha value is -0.530. The van der Waals surface area contributed by atoms with Gasteiger partial charge in [0, 0.05) is 6.92 Å². The van der Waals surface area contributed by atoms with Gasteiger partial charge in [-0.3, -0.25) is 4.79 Å². The SMILES string of the molecule is CC(=O)OCC1C2CCCCC2C2C3CCCCC3C3CCCCC3C12. The molecule has 0 amide bonds. The highest BCUT2D eigenvalue weighted by Crippen LogP contribution is 2.67. The summed E-state index contributed by atoms with van der Waals surface area (Å²) in [5, 5.41) is 0. The van der Waals surface area contributed by atoms with Crippen molar-refractivity contribution in [3.05, 3.63) is 0 Å². The van der Waals surface area contributed by atoms with Gasteiger partial charge in [-0.25, -0.2) is 0 Å². The fourth-order valence-electron chi connectivity index (χ4n) is 9.10. The lowest BCUT2D eigenvalue weighted by atomic mass is 9.49. The summed E-state index contributed by atoms with van der Waals surface area (Å²) in [4.78, 5) is 11.6. The van der Waals surface area contributed by atoms with Gasteiger partial charge in [0.15, 0.2) is 0 Å². The molecule has 0 spiro atoms. The molecular formula is C24H38O2. The summed E-state index contributed by atoms with van der Waals surface area (Å²) in [5.74, 6) is 8.33. The zero-order chi connectivity index (χ0) is 17.7. The van der Waals surface area contributed by atoms with E-state index < -0.39 is 0 Å². The van der Waals surface area contributed by atoms with Crippen LogP contribution in [0.5, 0.6) is 0 Å². The maximum atomic E-state index is 11.6. The minimum absolute atomic E-state index is 0.0626. The number of esters is 1. The van der Waals surface area contributed by atoms with Crippen LogP contribution in [-0.4, -0.2) is 12.6 Å². The van der Waals surface area contributed by atoms with Crippen LogP contribution in [-0.2, 0) is 9.53 Å². The number of hydrogen-bond donors (Lipinski definition) is 0. The summed E-state index contributed by atoms with van der Waals surface area (Å²) in [6.07, 6.45) is 17.7. The molecule has 5 saturated carbocycles. The first-order valence-corrected chi connectivity index (χ1v) is 11.9. The van der Waals surface area contributed by atoms with Gasteiger partial charge in [0.1, 0.15) is 0 Å². The molecule has 0 aromatic rings. The molecule has 0 saturated heterocycles. The molecular weight excluding hydrogens is 320 g/mol. The molecule has 2 heteroatoms. The zero-order valence-electron chi connectivity index (χ0n) is 16.7. The first kappa shape index (κ1) is 17.6. The molecule has 0 aromatic heterocycles. The molecule has 9 atom stereocenters. The van der Waals surface area contributed by atoms with Crippen molar-refractivity contribution >= 4 is 5.97 Å².